The van der Waals surface area contributed by atoms with Gasteiger partial charge in [-0.05, 0) is 48.9 Å². The molecule has 0 saturated carbocycles. The number of amides is 2. The van der Waals surface area contributed by atoms with Crippen molar-refractivity contribution in [2.45, 2.75) is 19.8 Å². The molecule has 2 aromatic rings. The first kappa shape index (κ1) is 22.2. The van der Waals surface area contributed by atoms with E-state index in [1.54, 1.807) is 12.1 Å². The minimum absolute atomic E-state index is 0.0528. The van der Waals surface area contributed by atoms with Crippen LogP contribution in [0.25, 0.3) is 0 Å². The molecule has 2 aromatic carbocycles. The largest absolute Gasteiger partial charge is 0.456 e. The van der Waals surface area contributed by atoms with Crippen LogP contribution < -0.4 is 10.6 Å². The van der Waals surface area contributed by atoms with Crippen LogP contribution in [0, 0.1) is 6.92 Å². The molecule has 0 saturated heterocycles. The van der Waals surface area contributed by atoms with Crippen molar-refractivity contribution in [3.63, 3.8) is 0 Å². The normalized spacial score (nSPS) is 10.3. The number of esters is 1. The predicted molar refractivity (Wildman–Crippen MR) is 113 cm³/mol. The van der Waals surface area contributed by atoms with Crippen molar-refractivity contribution in [3.8, 4) is 0 Å². The highest BCUT2D eigenvalue weighted by atomic mass is 79.9. The van der Waals surface area contributed by atoms with Gasteiger partial charge in [0.15, 0.2) is 6.61 Å². The van der Waals surface area contributed by atoms with E-state index in [-0.39, 0.29) is 18.7 Å². The molecule has 0 bridgehead atoms. The molecule has 0 heterocycles. The lowest BCUT2D eigenvalue weighted by molar-refractivity contribution is -0.147. The Hall–Kier alpha value is -2.09. The van der Waals surface area contributed by atoms with Gasteiger partial charge in [0, 0.05) is 22.3 Å². The number of carbonyl (C=O) groups is 3. The van der Waals surface area contributed by atoms with E-state index in [0.29, 0.717) is 21.4 Å². The van der Waals surface area contributed by atoms with Crippen LogP contribution in [0.5, 0.6) is 0 Å². The van der Waals surface area contributed by atoms with Crippen LogP contribution in [0.4, 0.5) is 11.4 Å². The molecule has 0 aliphatic rings. The maximum absolute atomic E-state index is 12.0. The van der Waals surface area contributed by atoms with E-state index >= 15 is 0 Å². The van der Waals surface area contributed by atoms with Crippen LogP contribution >= 0.6 is 39.1 Å². The second kappa shape index (κ2) is 10.5. The molecule has 0 spiro atoms. The lowest BCUT2D eigenvalue weighted by Gasteiger charge is -2.09. The molecule has 9 heteroatoms. The van der Waals surface area contributed by atoms with Gasteiger partial charge >= 0.3 is 5.97 Å². The maximum Gasteiger partial charge on any atom is 0.306 e. The molecule has 0 aliphatic carbocycles. The standard InChI is InChI=1S/C19H17BrCl2N2O4/c1-11-8-12(20)2-5-16(11)24-17(25)6-7-19(27)28-10-18(26)23-13-3-4-14(21)15(22)9-13/h2-5,8-9H,6-7,10H2,1H3,(H,23,26)(H,24,25). The molecule has 6 nitrogen and oxygen atoms in total. The predicted octanol–water partition coefficient (Wildman–Crippen LogP) is 4.96. The molecule has 0 radical (unpaired) electrons. The quantitative estimate of drug-likeness (QED) is 0.540. The number of benzene rings is 2. The number of ether oxygens (including phenoxy) is 1. The smallest absolute Gasteiger partial charge is 0.306 e. The van der Waals surface area contributed by atoms with E-state index in [0.717, 1.165) is 10.0 Å². The van der Waals surface area contributed by atoms with E-state index < -0.39 is 18.5 Å². The SMILES string of the molecule is Cc1cc(Br)ccc1NC(=O)CCC(=O)OCC(=O)Nc1ccc(Cl)c(Cl)c1. The number of aryl methyl sites for hydroxylation is 1. The Labute approximate surface area is 180 Å². The highest BCUT2D eigenvalue weighted by molar-refractivity contribution is 9.10. The maximum atomic E-state index is 12.0. The van der Waals surface area contributed by atoms with Crippen LogP contribution in [0.3, 0.4) is 0 Å². The van der Waals surface area contributed by atoms with Crippen molar-refractivity contribution >= 4 is 68.3 Å². The number of carbonyl (C=O) groups excluding carboxylic acids is 3. The third-order valence-corrected chi connectivity index (χ3v) is 4.82. The molecule has 2 N–H and O–H groups in total. The first-order valence-electron chi connectivity index (χ1n) is 8.21. The Balaban J connectivity index is 1.72. The first-order valence-corrected chi connectivity index (χ1v) is 9.76. The number of anilines is 2. The van der Waals surface area contributed by atoms with Gasteiger partial charge in [-0.2, -0.15) is 0 Å². The fourth-order valence-electron chi connectivity index (χ4n) is 2.18. The summed E-state index contributed by atoms with van der Waals surface area (Å²) in [5, 5.41) is 5.92. The summed E-state index contributed by atoms with van der Waals surface area (Å²) >= 11 is 15.0. The van der Waals surface area contributed by atoms with Crippen molar-refractivity contribution in [1.29, 1.82) is 0 Å². The molecular formula is C19H17BrCl2N2O4. The topological polar surface area (TPSA) is 84.5 Å². The summed E-state index contributed by atoms with van der Waals surface area (Å²) in [5.41, 5.74) is 1.99. The molecule has 0 fully saturated rings. The van der Waals surface area contributed by atoms with Crippen molar-refractivity contribution in [3.05, 3.63) is 56.5 Å². The Morgan fingerprint density at radius 1 is 0.964 bits per heavy atom. The van der Waals surface area contributed by atoms with Crippen molar-refractivity contribution < 1.29 is 19.1 Å². The van der Waals surface area contributed by atoms with E-state index in [2.05, 4.69) is 26.6 Å². The van der Waals surface area contributed by atoms with Gasteiger partial charge in [-0.3, -0.25) is 14.4 Å². The minimum Gasteiger partial charge on any atom is -0.456 e. The van der Waals surface area contributed by atoms with Gasteiger partial charge in [-0.1, -0.05) is 39.1 Å². The van der Waals surface area contributed by atoms with E-state index in [1.165, 1.54) is 12.1 Å². The van der Waals surface area contributed by atoms with Crippen molar-refractivity contribution in [1.82, 2.24) is 0 Å². The van der Waals surface area contributed by atoms with Gasteiger partial charge in [0.25, 0.3) is 5.91 Å². The van der Waals surface area contributed by atoms with Crippen LogP contribution in [0.2, 0.25) is 10.0 Å². The average molecular weight is 488 g/mol. The number of halogens is 3. The summed E-state index contributed by atoms with van der Waals surface area (Å²) in [6.45, 7) is 1.40. The van der Waals surface area contributed by atoms with E-state index in [4.69, 9.17) is 27.9 Å². The summed E-state index contributed by atoms with van der Waals surface area (Å²) in [6, 6.07) is 10.0. The second-order valence-electron chi connectivity index (χ2n) is 5.85. The average Bonchev–Trinajstić information content (AvgIpc) is 2.63. The zero-order valence-electron chi connectivity index (χ0n) is 14.9. The summed E-state index contributed by atoms with van der Waals surface area (Å²) < 4.78 is 5.78. The van der Waals surface area contributed by atoms with Gasteiger partial charge < -0.3 is 15.4 Å². The summed E-state index contributed by atoms with van der Waals surface area (Å²) in [6.07, 6.45) is -0.190. The zero-order valence-corrected chi connectivity index (χ0v) is 18.0. The highest BCUT2D eigenvalue weighted by Gasteiger charge is 2.12. The van der Waals surface area contributed by atoms with Crippen molar-refractivity contribution in [2.24, 2.45) is 0 Å². The lowest BCUT2D eigenvalue weighted by atomic mass is 10.2. The number of rotatable bonds is 7. The molecule has 148 valence electrons. The molecule has 0 aromatic heterocycles. The highest BCUT2D eigenvalue weighted by Crippen LogP contribution is 2.25. The monoisotopic (exact) mass is 486 g/mol. The Morgan fingerprint density at radius 3 is 2.39 bits per heavy atom. The summed E-state index contributed by atoms with van der Waals surface area (Å²) in [4.78, 5) is 35.5. The van der Waals surface area contributed by atoms with Crippen LogP contribution in [0.15, 0.2) is 40.9 Å². The first-order chi connectivity index (χ1) is 13.2. The van der Waals surface area contributed by atoms with Crippen LogP contribution in [-0.4, -0.2) is 24.4 Å². The van der Waals surface area contributed by atoms with Crippen molar-refractivity contribution in [2.75, 3.05) is 17.2 Å². The molecule has 0 aliphatic heterocycles. The fraction of sp³-hybridized carbons (Fsp3) is 0.211. The molecule has 2 rings (SSSR count). The summed E-state index contributed by atoms with van der Waals surface area (Å²) in [7, 11) is 0. The second-order valence-corrected chi connectivity index (χ2v) is 7.58. The van der Waals surface area contributed by atoms with Gasteiger partial charge in [0.1, 0.15) is 0 Å². The minimum atomic E-state index is -0.646. The van der Waals surface area contributed by atoms with E-state index in [1.807, 2.05) is 19.1 Å². The number of hydrogen-bond donors (Lipinski definition) is 2. The zero-order chi connectivity index (χ0) is 20.7. The fourth-order valence-corrected chi connectivity index (χ4v) is 2.96. The molecule has 0 unspecified atom stereocenters. The van der Waals surface area contributed by atoms with Crippen LogP contribution in [-0.2, 0) is 19.1 Å². The molecule has 0 atom stereocenters. The Kier molecular flexibility index (Phi) is 8.29. The van der Waals surface area contributed by atoms with Gasteiger partial charge in [-0.15, -0.1) is 0 Å². The Morgan fingerprint density at radius 2 is 1.71 bits per heavy atom. The van der Waals surface area contributed by atoms with Crippen LogP contribution in [0.1, 0.15) is 18.4 Å². The summed E-state index contributed by atoms with van der Waals surface area (Å²) in [5.74, 6) is -1.49. The van der Waals surface area contributed by atoms with Gasteiger partial charge in [-0.25, -0.2) is 0 Å². The molecule has 2 amide bonds. The molecule has 28 heavy (non-hydrogen) atoms. The number of nitrogens with one attached hydrogen (secondary N) is 2. The van der Waals surface area contributed by atoms with Gasteiger partial charge in [0.05, 0.1) is 16.5 Å². The van der Waals surface area contributed by atoms with E-state index in [9.17, 15) is 14.4 Å². The third-order valence-electron chi connectivity index (χ3n) is 3.59. The Bertz CT molecular complexity index is 905. The lowest BCUT2D eigenvalue weighted by Crippen LogP contribution is -2.21. The molecular weight excluding hydrogens is 471 g/mol. The van der Waals surface area contributed by atoms with Gasteiger partial charge in [0.2, 0.25) is 5.91 Å². The third kappa shape index (κ3) is 7.14. The number of hydrogen-bond acceptors (Lipinski definition) is 4.